The van der Waals surface area contributed by atoms with Gasteiger partial charge in [-0.2, -0.15) is 0 Å². The highest BCUT2D eigenvalue weighted by Gasteiger charge is 2.23. The number of nitrogens with one attached hydrogen (secondary N) is 2. The second kappa shape index (κ2) is 10.5. The molecule has 0 aliphatic carbocycles. The number of aryl methyl sites for hydroxylation is 1. The van der Waals surface area contributed by atoms with E-state index in [1.54, 1.807) is 19.3 Å². The predicted molar refractivity (Wildman–Crippen MR) is 130 cm³/mol. The van der Waals surface area contributed by atoms with Crippen molar-refractivity contribution >= 4 is 35.6 Å². The van der Waals surface area contributed by atoms with Crippen LogP contribution in [0.1, 0.15) is 50.8 Å². The molecule has 0 bridgehead atoms. The molecule has 2 aromatic rings. The van der Waals surface area contributed by atoms with Crippen LogP contribution >= 0.6 is 24.0 Å². The minimum absolute atomic E-state index is 0. The molecule has 166 valence electrons. The Balaban J connectivity index is 0.00000320. The molecule has 30 heavy (non-hydrogen) atoms. The van der Waals surface area contributed by atoms with Gasteiger partial charge >= 0.3 is 0 Å². The van der Waals surface area contributed by atoms with Gasteiger partial charge in [0.25, 0.3) is 0 Å². The molecule has 1 aliphatic heterocycles. The van der Waals surface area contributed by atoms with E-state index in [-0.39, 0.29) is 41.3 Å². The second-order valence-electron chi connectivity index (χ2n) is 8.65. The monoisotopic (exact) mass is 529 g/mol. The number of oxazole rings is 1. The Bertz CT molecular complexity index is 861. The lowest BCUT2D eigenvalue weighted by Crippen LogP contribution is -2.51. The summed E-state index contributed by atoms with van der Waals surface area (Å²) in [6.45, 7) is 10.6. The minimum atomic E-state index is -0.191. The fraction of sp³-hybridized carbons (Fsp3) is 0.545. The molecule has 1 atom stereocenters. The van der Waals surface area contributed by atoms with Crippen molar-refractivity contribution in [1.29, 1.82) is 0 Å². The van der Waals surface area contributed by atoms with Crippen molar-refractivity contribution in [3.8, 4) is 0 Å². The molecule has 0 saturated carbocycles. The van der Waals surface area contributed by atoms with E-state index in [2.05, 4.69) is 46.3 Å². The summed E-state index contributed by atoms with van der Waals surface area (Å²) in [5.41, 5.74) is 2.00. The van der Waals surface area contributed by atoms with Crippen LogP contribution in [0.3, 0.4) is 0 Å². The van der Waals surface area contributed by atoms with Crippen LogP contribution in [0.15, 0.2) is 33.8 Å². The normalized spacial score (nSPS) is 17.5. The Morgan fingerprint density at radius 2 is 2.13 bits per heavy atom. The quantitative estimate of drug-likeness (QED) is 0.350. The molecule has 2 heterocycles. The van der Waals surface area contributed by atoms with Crippen LogP contribution in [0.25, 0.3) is 0 Å². The number of benzene rings is 1. The van der Waals surface area contributed by atoms with Crippen molar-refractivity contribution in [2.24, 2.45) is 4.99 Å². The van der Waals surface area contributed by atoms with E-state index in [1.807, 2.05) is 13.0 Å². The summed E-state index contributed by atoms with van der Waals surface area (Å²) >= 11 is 0. The maximum Gasteiger partial charge on any atom is 0.213 e. The zero-order chi connectivity index (χ0) is 21.0. The van der Waals surface area contributed by atoms with Crippen LogP contribution in [-0.2, 0) is 12.0 Å². The van der Waals surface area contributed by atoms with Crippen LogP contribution in [0.5, 0.6) is 0 Å². The molecule has 2 N–H and O–H groups in total. The van der Waals surface area contributed by atoms with Gasteiger partial charge in [0.05, 0.1) is 12.7 Å². The highest BCUT2D eigenvalue weighted by atomic mass is 127. The van der Waals surface area contributed by atoms with Crippen molar-refractivity contribution in [1.82, 2.24) is 15.6 Å². The molecule has 1 fully saturated rings. The molecule has 0 spiro atoms. The number of anilines is 1. The lowest BCUT2D eigenvalue weighted by molar-refractivity contribution is 0.379. The topological polar surface area (TPSA) is 65.7 Å². The van der Waals surface area contributed by atoms with Crippen molar-refractivity contribution in [3.63, 3.8) is 0 Å². The number of hydrogen-bond acceptors (Lipinski definition) is 4. The largest absolute Gasteiger partial charge is 0.443 e. The Kier molecular flexibility index (Phi) is 8.52. The number of aliphatic imine (C=N–C) groups is 1. The number of nitrogens with zero attached hydrogens (tertiary/aromatic N) is 3. The highest BCUT2D eigenvalue weighted by molar-refractivity contribution is 14.0. The summed E-state index contributed by atoms with van der Waals surface area (Å²) in [4.78, 5) is 11.0. The number of piperidine rings is 1. The van der Waals surface area contributed by atoms with E-state index in [9.17, 15) is 4.39 Å². The van der Waals surface area contributed by atoms with Crippen LogP contribution in [0.4, 0.5) is 10.1 Å². The standard InChI is InChI=1S/C22H32FN5O.HI/c1-15-11-16(23)8-9-18(15)28-10-6-7-17(14-28)27-21(24-5)26-13-20-25-12-19(29-20)22(2,3)4;/h8-9,11-12,17H,6-7,10,13-14H2,1-5H3,(H2,24,26,27);1H. The second-order valence-corrected chi connectivity index (χ2v) is 8.65. The van der Waals surface area contributed by atoms with E-state index in [0.29, 0.717) is 12.4 Å². The van der Waals surface area contributed by atoms with E-state index in [0.717, 1.165) is 48.9 Å². The average Bonchev–Trinajstić information content (AvgIpc) is 3.15. The van der Waals surface area contributed by atoms with Gasteiger partial charge in [-0.05, 0) is 43.5 Å². The molecule has 1 aromatic carbocycles. The van der Waals surface area contributed by atoms with Crippen LogP contribution in [0, 0.1) is 12.7 Å². The lowest BCUT2D eigenvalue weighted by Gasteiger charge is -2.36. The average molecular weight is 529 g/mol. The first-order chi connectivity index (χ1) is 13.8. The highest BCUT2D eigenvalue weighted by Crippen LogP contribution is 2.25. The number of halogens is 2. The van der Waals surface area contributed by atoms with Gasteiger partial charge in [0.2, 0.25) is 5.89 Å². The molecule has 8 heteroatoms. The van der Waals surface area contributed by atoms with E-state index in [1.165, 1.54) is 6.07 Å². The third-order valence-corrected chi connectivity index (χ3v) is 5.19. The molecular formula is C22H33FIN5O. The van der Waals surface area contributed by atoms with E-state index >= 15 is 0 Å². The van der Waals surface area contributed by atoms with E-state index < -0.39 is 0 Å². The van der Waals surface area contributed by atoms with Crippen LogP contribution in [0.2, 0.25) is 0 Å². The molecular weight excluding hydrogens is 496 g/mol. The lowest BCUT2D eigenvalue weighted by atomic mass is 9.94. The number of aromatic nitrogens is 1. The molecule has 1 unspecified atom stereocenters. The third-order valence-electron chi connectivity index (χ3n) is 5.19. The van der Waals surface area contributed by atoms with Gasteiger partial charge in [-0.3, -0.25) is 4.99 Å². The first kappa shape index (κ1) is 24.4. The number of hydrogen-bond donors (Lipinski definition) is 2. The third kappa shape index (κ3) is 6.33. The Hall–Kier alpha value is -1.84. The smallest absolute Gasteiger partial charge is 0.213 e. The molecule has 1 aliphatic rings. The van der Waals surface area contributed by atoms with Crippen molar-refractivity contribution < 1.29 is 8.81 Å². The molecule has 1 aromatic heterocycles. The van der Waals surface area contributed by atoms with Crippen molar-refractivity contribution in [2.45, 2.75) is 58.5 Å². The molecule has 1 saturated heterocycles. The maximum atomic E-state index is 13.4. The number of rotatable bonds is 4. The Morgan fingerprint density at radius 1 is 1.37 bits per heavy atom. The van der Waals surface area contributed by atoms with Gasteiger partial charge in [0.1, 0.15) is 11.6 Å². The minimum Gasteiger partial charge on any atom is -0.443 e. The van der Waals surface area contributed by atoms with Gasteiger partial charge < -0.3 is 20.0 Å². The van der Waals surface area contributed by atoms with Crippen LogP contribution < -0.4 is 15.5 Å². The first-order valence-electron chi connectivity index (χ1n) is 10.2. The summed E-state index contributed by atoms with van der Waals surface area (Å²) in [7, 11) is 1.76. The predicted octanol–water partition coefficient (Wildman–Crippen LogP) is 4.37. The molecule has 3 rings (SSSR count). The summed E-state index contributed by atoms with van der Waals surface area (Å²) in [6.07, 6.45) is 3.92. The first-order valence-corrected chi connectivity index (χ1v) is 10.2. The van der Waals surface area contributed by atoms with Gasteiger partial charge in [-0.25, -0.2) is 9.37 Å². The summed E-state index contributed by atoms with van der Waals surface area (Å²) in [5, 5.41) is 6.78. The van der Waals surface area contributed by atoms with Crippen molar-refractivity contribution in [3.05, 3.63) is 47.4 Å². The summed E-state index contributed by atoms with van der Waals surface area (Å²) < 4.78 is 19.3. The fourth-order valence-electron chi connectivity index (χ4n) is 3.57. The number of guanidine groups is 1. The zero-order valence-corrected chi connectivity index (χ0v) is 20.8. The zero-order valence-electron chi connectivity index (χ0n) is 18.5. The van der Waals surface area contributed by atoms with E-state index in [4.69, 9.17) is 4.42 Å². The van der Waals surface area contributed by atoms with Gasteiger partial charge in [0.15, 0.2) is 5.96 Å². The Labute approximate surface area is 195 Å². The van der Waals surface area contributed by atoms with Crippen LogP contribution in [-0.4, -0.2) is 37.1 Å². The van der Waals surface area contributed by atoms with Gasteiger partial charge in [0, 0.05) is 37.3 Å². The molecule has 0 amide bonds. The summed E-state index contributed by atoms with van der Waals surface area (Å²) in [5.74, 6) is 2.05. The molecule has 6 nitrogen and oxygen atoms in total. The maximum absolute atomic E-state index is 13.4. The Morgan fingerprint density at radius 3 is 2.77 bits per heavy atom. The molecule has 0 radical (unpaired) electrons. The fourth-order valence-corrected chi connectivity index (χ4v) is 3.57. The summed E-state index contributed by atoms with van der Waals surface area (Å²) in [6, 6.07) is 5.25. The van der Waals surface area contributed by atoms with Gasteiger partial charge in [-0.1, -0.05) is 20.8 Å². The SMILES string of the molecule is CN=C(NCc1ncc(C(C)(C)C)o1)NC1CCCN(c2ccc(F)cc2C)C1.I. The van der Waals surface area contributed by atoms with Crippen molar-refractivity contribution in [2.75, 3.05) is 25.0 Å². The van der Waals surface area contributed by atoms with Gasteiger partial charge in [-0.15, -0.1) is 24.0 Å².